The van der Waals surface area contributed by atoms with Crippen LogP contribution in [0.25, 0.3) is 0 Å². The van der Waals surface area contributed by atoms with Gasteiger partial charge < -0.3 is 10.6 Å². The molecule has 0 radical (unpaired) electrons. The first-order valence-electron chi connectivity index (χ1n) is 5.27. The van der Waals surface area contributed by atoms with Crippen molar-refractivity contribution in [1.29, 1.82) is 0 Å². The molecule has 0 aliphatic carbocycles. The molecule has 16 heavy (non-hydrogen) atoms. The maximum Gasteiger partial charge on any atom is 0.191 e. The minimum Gasteiger partial charge on any atom is -0.356 e. The van der Waals surface area contributed by atoms with E-state index in [1.807, 2.05) is 28.7 Å². The molecule has 0 unspecified atom stereocenters. The number of aliphatic imine (C=N–C) groups is 1. The number of guanidine groups is 1. The molecule has 0 amide bonds. The Labute approximate surface area is 101 Å². The summed E-state index contributed by atoms with van der Waals surface area (Å²) in [6, 6.07) is 1.92. The van der Waals surface area contributed by atoms with Crippen LogP contribution in [0.15, 0.2) is 23.5 Å². The molecule has 0 fully saturated rings. The summed E-state index contributed by atoms with van der Waals surface area (Å²) in [6.45, 7) is 2.60. The number of rotatable bonds is 6. The van der Waals surface area contributed by atoms with Gasteiger partial charge in [-0.3, -0.25) is 9.67 Å². The van der Waals surface area contributed by atoms with E-state index in [1.54, 1.807) is 13.2 Å². The zero-order chi connectivity index (χ0) is 11.6. The Balaban J connectivity index is 2.14. The van der Waals surface area contributed by atoms with Crippen LogP contribution < -0.4 is 10.6 Å². The molecule has 0 saturated heterocycles. The maximum atomic E-state index is 4.13. The molecule has 6 heteroatoms. The van der Waals surface area contributed by atoms with Gasteiger partial charge in [0.15, 0.2) is 5.96 Å². The summed E-state index contributed by atoms with van der Waals surface area (Å²) in [6.07, 6.45) is 5.83. The van der Waals surface area contributed by atoms with Crippen LogP contribution in [0.3, 0.4) is 0 Å². The summed E-state index contributed by atoms with van der Waals surface area (Å²) in [5.41, 5.74) is 0. The van der Waals surface area contributed by atoms with Crippen LogP contribution in [0.2, 0.25) is 0 Å². The van der Waals surface area contributed by atoms with E-state index >= 15 is 0 Å². The summed E-state index contributed by atoms with van der Waals surface area (Å²) in [5.74, 6) is 1.93. The normalized spacial score (nSPS) is 11.5. The highest BCUT2D eigenvalue weighted by Gasteiger charge is 1.96. The molecular weight excluding hydrogens is 222 g/mol. The van der Waals surface area contributed by atoms with Crippen LogP contribution >= 0.6 is 11.8 Å². The lowest BCUT2D eigenvalue weighted by molar-refractivity contribution is 0.598. The molecular formula is C10H19N5S. The average Bonchev–Trinajstić information content (AvgIpc) is 2.80. The molecule has 0 aliphatic rings. The van der Waals surface area contributed by atoms with Gasteiger partial charge in [0, 0.05) is 38.3 Å². The monoisotopic (exact) mass is 241 g/mol. The van der Waals surface area contributed by atoms with E-state index in [2.05, 4.69) is 27.0 Å². The molecule has 90 valence electrons. The molecule has 1 aromatic heterocycles. The van der Waals surface area contributed by atoms with Crippen molar-refractivity contribution in [3.63, 3.8) is 0 Å². The summed E-state index contributed by atoms with van der Waals surface area (Å²) >= 11 is 1.82. The van der Waals surface area contributed by atoms with Crippen LogP contribution in [-0.2, 0) is 6.54 Å². The standard InChI is InChI=1S/C10H19N5S/c1-11-10(13-6-9-16-2)12-5-8-15-7-3-4-14-15/h3-4,7H,5-6,8-9H2,1-2H3,(H2,11,12,13). The Hall–Kier alpha value is -1.17. The van der Waals surface area contributed by atoms with E-state index < -0.39 is 0 Å². The second kappa shape index (κ2) is 8.04. The van der Waals surface area contributed by atoms with E-state index in [4.69, 9.17) is 0 Å². The Bertz CT molecular complexity index is 296. The fourth-order valence-corrected chi connectivity index (χ4v) is 1.52. The van der Waals surface area contributed by atoms with Gasteiger partial charge in [-0.15, -0.1) is 0 Å². The van der Waals surface area contributed by atoms with Gasteiger partial charge in [0.05, 0.1) is 6.54 Å². The molecule has 1 heterocycles. The Morgan fingerprint density at radius 1 is 1.44 bits per heavy atom. The van der Waals surface area contributed by atoms with Gasteiger partial charge in [-0.1, -0.05) is 0 Å². The zero-order valence-electron chi connectivity index (χ0n) is 9.81. The van der Waals surface area contributed by atoms with Gasteiger partial charge in [-0.05, 0) is 12.3 Å². The first-order chi connectivity index (χ1) is 7.86. The molecule has 0 spiro atoms. The van der Waals surface area contributed by atoms with Crippen LogP contribution in [-0.4, -0.2) is 47.9 Å². The number of thioether (sulfide) groups is 1. The first kappa shape index (κ1) is 12.9. The van der Waals surface area contributed by atoms with Gasteiger partial charge in [0.2, 0.25) is 0 Å². The molecule has 5 nitrogen and oxygen atoms in total. The van der Waals surface area contributed by atoms with Gasteiger partial charge in [-0.25, -0.2) is 0 Å². The van der Waals surface area contributed by atoms with Crippen molar-refractivity contribution in [3.05, 3.63) is 18.5 Å². The van der Waals surface area contributed by atoms with Crippen LogP contribution in [0.1, 0.15) is 0 Å². The third-order valence-corrected chi connectivity index (χ3v) is 2.63. The van der Waals surface area contributed by atoms with E-state index in [1.165, 1.54) is 0 Å². The van der Waals surface area contributed by atoms with E-state index in [0.29, 0.717) is 0 Å². The topological polar surface area (TPSA) is 54.2 Å². The highest BCUT2D eigenvalue weighted by atomic mass is 32.2. The van der Waals surface area contributed by atoms with E-state index in [-0.39, 0.29) is 0 Å². The fourth-order valence-electron chi connectivity index (χ4n) is 1.21. The van der Waals surface area contributed by atoms with Crippen molar-refractivity contribution in [2.75, 3.05) is 32.1 Å². The number of aromatic nitrogens is 2. The van der Waals surface area contributed by atoms with E-state index in [0.717, 1.165) is 31.3 Å². The number of hydrogen-bond acceptors (Lipinski definition) is 3. The van der Waals surface area contributed by atoms with Gasteiger partial charge in [0.25, 0.3) is 0 Å². The molecule has 0 bridgehead atoms. The Morgan fingerprint density at radius 2 is 2.25 bits per heavy atom. The minimum atomic E-state index is 0.820. The van der Waals surface area contributed by atoms with Crippen LogP contribution in [0.5, 0.6) is 0 Å². The fraction of sp³-hybridized carbons (Fsp3) is 0.600. The summed E-state index contributed by atoms with van der Waals surface area (Å²) in [4.78, 5) is 4.13. The zero-order valence-corrected chi connectivity index (χ0v) is 10.6. The molecule has 0 atom stereocenters. The summed E-state index contributed by atoms with van der Waals surface area (Å²) in [7, 11) is 1.78. The second-order valence-electron chi connectivity index (χ2n) is 3.19. The lowest BCUT2D eigenvalue weighted by atomic mass is 10.6. The highest BCUT2D eigenvalue weighted by molar-refractivity contribution is 7.98. The molecule has 1 rings (SSSR count). The predicted molar refractivity (Wildman–Crippen MR) is 70.0 cm³/mol. The number of hydrogen-bond donors (Lipinski definition) is 2. The molecule has 2 N–H and O–H groups in total. The Kier molecular flexibility index (Phi) is 6.48. The predicted octanol–water partition coefficient (Wildman–Crippen LogP) is 0.411. The maximum absolute atomic E-state index is 4.13. The lowest BCUT2D eigenvalue weighted by Crippen LogP contribution is -2.39. The van der Waals surface area contributed by atoms with Crippen molar-refractivity contribution < 1.29 is 0 Å². The van der Waals surface area contributed by atoms with Crippen LogP contribution in [0, 0.1) is 0 Å². The quantitative estimate of drug-likeness (QED) is 0.430. The van der Waals surface area contributed by atoms with Gasteiger partial charge in [-0.2, -0.15) is 16.9 Å². The Morgan fingerprint density at radius 3 is 2.88 bits per heavy atom. The molecule has 1 aromatic rings. The first-order valence-corrected chi connectivity index (χ1v) is 6.67. The third kappa shape index (κ3) is 5.06. The molecule has 0 aliphatic heterocycles. The third-order valence-electron chi connectivity index (χ3n) is 2.01. The summed E-state index contributed by atoms with van der Waals surface area (Å²) in [5, 5.41) is 10.6. The SMILES string of the molecule is CN=C(NCCSC)NCCn1cccn1. The number of nitrogens with zero attached hydrogens (tertiary/aromatic N) is 3. The number of nitrogens with one attached hydrogen (secondary N) is 2. The van der Waals surface area contributed by atoms with Crippen LogP contribution in [0.4, 0.5) is 0 Å². The van der Waals surface area contributed by atoms with Gasteiger partial charge >= 0.3 is 0 Å². The van der Waals surface area contributed by atoms with Crippen molar-refractivity contribution in [2.24, 2.45) is 4.99 Å². The lowest BCUT2D eigenvalue weighted by Gasteiger charge is -2.11. The van der Waals surface area contributed by atoms with Gasteiger partial charge in [0.1, 0.15) is 0 Å². The van der Waals surface area contributed by atoms with E-state index in [9.17, 15) is 0 Å². The second-order valence-corrected chi connectivity index (χ2v) is 4.17. The smallest absolute Gasteiger partial charge is 0.191 e. The molecule has 0 aromatic carbocycles. The highest BCUT2D eigenvalue weighted by Crippen LogP contribution is 1.87. The van der Waals surface area contributed by atoms with Crippen molar-refractivity contribution in [2.45, 2.75) is 6.54 Å². The summed E-state index contributed by atoms with van der Waals surface area (Å²) < 4.78 is 1.89. The van der Waals surface area contributed by atoms with Crippen molar-refractivity contribution >= 4 is 17.7 Å². The largest absolute Gasteiger partial charge is 0.356 e. The average molecular weight is 241 g/mol. The van der Waals surface area contributed by atoms with Crippen molar-refractivity contribution in [3.8, 4) is 0 Å². The molecule has 0 saturated carbocycles. The minimum absolute atomic E-state index is 0.820. The van der Waals surface area contributed by atoms with Crippen molar-refractivity contribution in [1.82, 2.24) is 20.4 Å².